The summed E-state index contributed by atoms with van der Waals surface area (Å²) < 4.78 is 4.54. The Labute approximate surface area is 96.8 Å². The lowest BCUT2D eigenvalue weighted by molar-refractivity contribution is 0.0949. The number of amides is 1. The van der Waals surface area contributed by atoms with Gasteiger partial charge in [0.1, 0.15) is 0 Å². The van der Waals surface area contributed by atoms with Gasteiger partial charge in [-0.1, -0.05) is 5.16 Å². The zero-order valence-corrected chi connectivity index (χ0v) is 8.88. The van der Waals surface area contributed by atoms with E-state index >= 15 is 0 Å². The normalized spacial score (nSPS) is 10.1. The number of carbonyl (C=O) groups is 1. The van der Waals surface area contributed by atoms with E-state index in [-0.39, 0.29) is 12.5 Å². The summed E-state index contributed by atoms with van der Waals surface area (Å²) in [7, 11) is 0. The Morgan fingerprint density at radius 2 is 2.00 bits per heavy atom. The molecule has 1 amide bonds. The second kappa shape index (κ2) is 4.52. The summed E-state index contributed by atoms with van der Waals surface area (Å²) in [5.74, 6) is 0.101. The third-order valence-electron chi connectivity index (χ3n) is 2.05. The molecule has 0 aliphatic heterocycles. The SMILES string of the molecule is Nc1cc(N)cc(C(=O)NCc2ncon2)c1. The minimum Gasteiger partial charge on any atom is -0.399 e. The van der Waals surface area contributed by atoms with Crippen LogP contribution in [0.5, 0.6) is 0 Å². The molecule has 0 spiro atoms. The topological polar surface area (TPSA) is 120 Å². The van der Waals surface area contributed by atoms with Crippen LogP contribution in [0.15, 0.2) is 29.1 Å². The largest absolute Gasteiger partial charge is 0.399 e. The van der Waals surface area contributed by atoms with Crippen LogP contribution in [0.25, 0.3) is 0 Å². The fourth-order valence-corrected chi connectivity index (χ4v) is 1.34. The Balaban J connectivity index is 2.04. The zero-order chi connectivity index (χ0) is 12.3. The summed E-state index contributed by atoms with van der Waals surface area (Å²) in [4.78, 5) is 15.5. The van der Waals surface area contributed by atoms with Crippen molar-refractivity contribution in [1.29, 1.82) is 0 Å². The quantitative estimate of drug-likeness (QED) is 0.649. The highest BCUT2D eigenvalue weighted by molar-refractivity contribution is 5.96. The number of nitrogens with one attached hydrogen (secondary N) is 1. The number of carbonyl (C=O) groups excluding carboxylic acids is 1. The first-order valence-electron chi connectivity index (χ1n) is 4.84. The molecule has 0 saturated carbocycles. The van der Waals surface area contributed by atoms with Crippen molar-refractivity contribution in [3.8, 4) is 0 Å². The first-order chi connectivity index (χ1) is 8.15. The number of nitrogens with two attached hydrogens (primary N) is 2. The first-order valence-corrected chi connectivity index (χ1v) is 4.84. The molecule has 0 saturated heterocycles. The summed E-state index contributed by atoms with van der Waals surface area (Å²) in [6, 6.07) is 4.67. The molecule has 0 fully saturated rings. The second-order valence-corrected chi connectivity index (χ2v) is 3.42. The van der Waals surface area contributed by atoms with Crippen LogP contribution >= 0.6 is 0 Å². The molecule has 0 radical (unpaired) electrons. The van der Waals surface area contributed by atoms with Crippen molar-refractivity contribution < 1.29 is 9.32 Å². The number of rotatable bonds is 3. The summed E-state index contributed by atoms with van der Waals surface area (Å²) in [5, 5.41) is 6.19. The van der Waals surface area contributed by atoms with E-state index in [4.69, 9.17) is 11.5 Å². The molecule has 0 aliphatic carbocycles. The molecular weight excluding hydrogens is 222 g/mol. The van der Waals surface area contributed by atoms with Crippen LogP contribution in [-0.4, -0.2) is 16.0 Å². The van der Waals surface area contributed by atoms with E-state index < -0.39 is 0 Å². The van der Waals surface area contributed by atoms with Crippen molar-refractivity contribution in [2.24, 2.45) is 0 Å². The Morgan fingerprint density at radius 1 is 1.29 bits per heavy atom. The summed E-state index contributed by atoms with van der Waals surface area (Å²) in [5.41, 5.74) is 12.5. The lowest BCUT2D eigenvalue weighted by atomic mass is 10.1. The molecule has 5 N–H and O–H groups in total. The molecule has 0 bridgehead atoms. The van der Waals surface area contributed by atoms with E-state index in [0.29, 0.717) is 22.8 Å². The van der Waals surface area contributed by atoms with Crippen molar-refractivity contribution in [3.63, 3.8) is 0 Å². The molecule has 88 valence electrons. The maximum absolute atomic E-state index is 11.7. The number of anilines is 2. The molecule has 2 rings (SSSR count). The van der Waals surface area contributed by atoms with Crippen LogP contribution in [0.2, 0.25) is 0 Å². The molecule has 17 heavy (non-hydrogen) atoms. The van der Waals surface area contributed by atoms with Crippen molar-refractivity contribution in [3.05, 3.63) is 36.0 Å². The van der Waals surface area contributed by atoms with Gasteiger partial charge in [0.05, 0.1) is 6.54 Å². The predicted molar refractivity (Wildman–Crippen MR) is 60.7 cm³/mol. The van der Waals surface area contributed by atoms with Crippen molar-refractivity contribution in [2.45, 2.75) is 6.54 Å². The molecule has 7 heteroatoms. The van der Waals surface area contributed by atoms with Gasteiger partial charge in [-0.25, -0.2) is 0 Å². The van der Waals surface area contributed by atoms with Gasteiger partial charge in [-0.3, -0.25) is 4.79 Å². The maximum Gasteiger partial charge on any atom is 0.251 e. The van der Waals surface area contributed by atoms with Crippen LogP contribution in [0.3, 0.4) is 0 Å². The standard InChI is InChI=1S/C10H11N5O2/c11-7-1-6(2-8(12)3-7)10(16)13-4-9-14-5-17-15-9/h1-3,5H,4,11-12H2,(H,13,16). The summed E-state index contributed by atoms with van der Waals surface area (Å²) in [6.45, 7) is 0.185. The van der Waals surface area contributed by atoms with Crippen molar-refractivity contribution in [1.82, 2.24) is 15.5 Å². The highest BCUT2D eigenvalue weighted by Crippen LogP contribution is 2.13. The van der Waals surface area contributed by atoms with E-state index in [0.717, 1.165) is 0 Å². The number of nitrogen functional groups attached to an aromatic ring is 2. The predicted octanol–water partition coefficient (Wildman–Crippen LogP) is 0.164. The van der Waals surface area contributed by atoms with Crippen molar-refractivity contribution in [2.75, 3.05) is 11.5 Å². The van der Waals surface area contributed by atoms with Gasteiger partial charge in [0.2, 0.25) is 6.39 Å². The lowest BCUT2D eigenvalue weighted by Gasteiger charge is -2.04. The van der Waals surface area contributed by atoms with Gasteiger partial charge < -0.3 is 21.3 Å². The molecule has 1 heterocycles. The molecule has 0 atom stereocenters. The Kier molecular flexibility index (Phi) is 2.91. The zero-order valence-electron chi connectivity index (χ0n) is 8.88. The minimum atomic E-state index is -0.297. The van der Waals surface area contributed by atoms with E-state index in [9.17, 15) is 4.79 Å². The van der Waals surface area contributed by atoms with E-state index in [2.05, 4.69) is 20.0 Å². The molecule has 2 aromatic rings. The van der Waals surface area contributed by atoms with Gasteiger partial charge in [-0.2, -0.15) is 4.98 Å². The van der Waals surface area contributed by atoms with Crippen LogP contribution in [0.1, 0.15) is 16.2 Å². The third kappa shape index (κ3) is 2.71. The lowest BCUT2D eigenvalue weighted by Crippen LogP contribution is -2.23. The van der Waals surface area contributed by atoms with E-state index in [1.165, 1.54) is 6.39 Å². The minimum absolute atomic E-state index is 0.185. The van der Waals surface area contributed by atoms with E-state index in [1.807, 2.05) is 0 Å². The molecule has 7 nitrogen and oxygen atoms in total. The van der Waals surface area contributed by atoms with Crippen LogP contribution in [0.4, 0.5) is 11.4 Å². The van der Waals surface area contributed by atoms with Gasteiger partial charge in [0.15, 0.2) is 5.82 Å². The Morgan fingerprint density at radius 3 is 2.59 bits per heavy atom. The van der Waals surface area contributed by atoms with Crippen LogP contribution in [-0.2, 0) is 6.54 Å². The van der Waals surface area contributed by atoms with Gasteiger partial charge in [-0.15, -0.1) is 0 Å². The highest BCUT2D eigenvalue weighted by Gasteiger charge is 2.08. The number of hydrogen-bond acceptors (Lipinski definition) is 6. The Bertz CT molecular complexity index is 503. The molecular formula is C10H11N5O2. The van der Waals surface area contributed by atoms with Crippen LogP contribution in [0, 0.1) is 0 Å². The van der Waals surface area contributed by atoms with Gasteiger partial charge >= 0.3 is 0 Å². The van der Waals surface area contributed by atoms with Gasteiger partial charge in [0, 0.05) is 16.9 Å². The number of hydrogen-bond donors (Lipinski definition) is 3. The highest BCUT2D eigenvalue weighted by atomic mass is 16.5. The number of nitrogens with zero attached hydrogens (tertiary/aromatic N) is 2. The van der Waals surface area contributed by atoms with Gasteiger partial charge in [-0.05, 0) is 18.2 Å². The van der Waals surface area contributed by atoms with Crippen molar-refractivity contribution >= 4 is 17.3 Å². The smallest absolute Gasteiger partial charge is 0.251 e. The maximum atomic E-state index is 11.7. The molecule has 1 aromatic heterocycles. The molecule has 0 unspecified atom stereocenters. The monoisotopic (exact) mass is 233 g/mol. The summed E-state index contributed by atoms with van der Waals surface area (Å²) >= 11 is 0. The fraction of sp³-hybridized carbons (Fsp3) is 0.100. The molecule has 1 aromatic carbocycles. The third-order valence-corrected chi connectivity index (χ3v) is 2.05. The second-order valence-electron chi connectivity index (χ2n) is 3.42. The number of aromatic nitrogens is 2. The summed E-state index contributed by atoms with van der Waals surface area (Å²) in [6.07, 6.45) is 1.19. The number of benzene rings is 1. The fourth-order valence-electron chi connectivity index (χ4n) is 1.34. The Hall–Kier alpha value is -2.57. The van der Waals surface area contributed by atoms with E-state index in [1.54, 1.807) is 18.2 Å². The average molecular weight is 233 g/mol. The average Bonchev–Trinajstić information content (AvgIpc) is 2.77. The first kappa shape index (κ1) is 10.9. The van der Waals surface area contributed by atoms with Crippen LogP contribution < -0.4 is 16.8 Å². The van der Waals surface area contributed by atoms with Gasteiger partial charge in [0.25, 0.3) is 5.91 Å². The molecule has 0 aliphatic rings.